The van der Waals surface area contributed by atoms with E-state index in [-0.39, 0.29) is 23.1 Å². The zero-order valence-electron chi connectivity index (χ0n) is 17.9. The summed E-state index contributed by atoms with van der Waals surface area (Å²) < 4.78 is 34.3. The van der Waals surface area contributed by atoms with Crippen LogP contribution in [0.1, 0.15) is 23.5 Å². The minimum absolute atomic E-state index is 0.0510. The summed E-state index contributed by atoms with van der Waals surface area (Å²) in [5.41, 5.74) is 3.13. The van der Waals surface area contributed by atoms with Crippen LogP contribution in [0, 0.1) is 6.92 Å². The Kier molecular flexibility index (Phi) is 4.93. The van der Waals surface area contributed by atoms with Gasteiger partial charge in [0.05, 0.1) is 35.7 Å². The van der Waals surface area contributed by atoms with Gasteiger partial charge in [-0.15, -0.1) is 0 Å². The molecule has 0 spiro atoms. The van der Waals surface area contributed by atoms with Crippen LogP contribution >= 0.6 is 0 Å². The van der Waals surface area contributed by atoms with Crippen LogP contribution in [0.5, 0.6) is 5.75 Å². The molecule has 3 aromatic rings. The number of methoxy groups -OCH3 is 1. The van der Waals surface area contributed by atoms with E-state index < -0.39 is 22.0 Å². The largest absolute Gasteiger partial charge is 0.497 e. The molecule has 1 aliphatic heterocycles. The standard InChI is InChI=1S/C25H24N2O4S/c1-16-7-13-19(14-8-16)32(29,30)27-21-6-4-3-5-20(21)24-23(28)15-22(27)25(24)26-17-9-11-18(31-2)12-10-17/h3-14,22,24-26H,15H2,1-2H3. The number of nitrogens with zero attached hydrogens (tertiary/aromatic N) is 1. The molecule has 164 valence electrons. The van der Waals surface area contributed by atoms with Crippen molar-refractivity contribution >= 4 is 27.2 Å². The Morgan fingerprint density at radius 2 is 1.66 bits per heavy atom. The lowest BCUT2D eigenvalue weighted by Gasteiger charge is -2.41. The number of hydrogen-bond acceptors (Lipinski definition) is 5. The highest BCUT2D eigenvalue weighted by Crippen LogP contribution is 2.48. The molecule has 2 aliphatic rings. The number of aryl methyl sites for hydroxylation is 1. The van der Waals surface area contributed by atoms with E-state index in [0.29, 0.717) is 5.69 Å². The smallest absolute Gasteiger partial charge is 0.264 e. The fourth-order valence-electron chi connectivity index (χ4n) is 4.80. The van der Waals surface area contributed by atoms with Crippen molar-refractivity contribution in [2.45, 2.75) is 36.2 Å². The minimum atomic E-state index is -3.86. The lowest BCUT2D eigenvalue weighted by Crippen LogP contribution is -2.51. The first-order chi connectivity index (χ1) is 15.4. The van der Waals surface area contributed by atoms with Crippen LogP contribution in [0.2, 0.25) is 0 Å². The number of anilines is 2. The molecular weight excluding hydrogens is 424 g/mol. The maximum Gasteiger partial charge on any atom is 0.264 e. The fourth-order valence-corrected chi connectivity index (χ4v) is 6.49. The molecule has 1 saturated carbocycles. The predicted molar refractivity (Wildman–Crippen MR) is 124 cm³/mol. The Hall–Kier alpha value is -3.32. The number of carbonyl (C=O) groups excluding carboxylic acids is 1. The number of Topliss-reactive ketones (excluding diaryl/α,β-unsaturated/α-hetero) is 1. The van der Waals surface area contributed by atoms with Gasteiger partial charge in [0, 0.05) is 12.1 Å². The molecule has 1 aliphatic carbocycles. The summed E-state index contributed by atoms with van der Waals surface area (Å²) in [6.07, 6.45) is 0.165. The van der Waals surface area contributed by atoms with Gasteiger partial charge in [0.15, 0.2) is 0 Å². The highest BCUT2D eigenvalue weighted by Gasteiger charge is 2.54. The molecule has 0 saturated heterocycles. The van der Waals surface area contributed by atoms with Crippen LogP contribution < -0.4 is 14.4 Å². The average molecular weight is 449 g/mol. The van der Waals surface area contributed by atoms with E-state index in [1.807, 2.05) is 49.4 Å². The summed E-state index contributed by atoms with van der Waals surface area (Å²) in [6, 6.07) is 20.7. The van der Waals surface area contributed by atoms with Crippen molar-refractivity contribution in [3.8, 4) is 5.75 Å². The Labute approximate surface area is 187 Å². The van der Waals surface area contributed by atoms with Gasteiger partial charge in [-0.05, 0) is 55.0 Å². The first-order valence-corrected chi connectivity index (χ1v) is 12.0. The zero-order chi connectivity index (χ0) is 22.5. The maximum atomic E-state index is 13.8. The van der Waals surface area contributed by atoms with E-state index in [4.69, 9.17) is 4.74 Å². The molecule has 3 unspecified atom stereocenters. The van der Waals surface area contributed by atoms with Crippen LogP contribution in [0.25, 0.3) is 0 Å². The summed E-state index contributed by atoms with van der Waals surface area (Å²) in [6.45, 7) is 1.92. The van der Waals surface area contributed by atoms with Crippen LogP contribution in [0.15, 0.2) is 77.7 Å². The molecule has 1 fully saturated rings. The Bertz CT molecular complexity index is 1270. The average Bonchev–Trinajstić information content (AvgIpc) is 3.02. The van der Waals surface area contributed by atoms with E-state index in [1.54, 1.807) is 37.4 Å². The van der Waals surface area contributed by atoms with Crippen LogP contribution in [-0.2, 0) is 14.8 Å². The summed E-state index contributed by atoms with van der Waals surface area (Å²) in [4.78, 5) is 13.3. The summed E-state index contributed by atoms with van der Waals surface area (Å²) >= 11 is 0. The molecule has 3 atom stereocenters. The number of fused-ring (bicyclic) bond motifs is 4. The Morgan fingerprint density at radius 3 is 2.34 bits per heavy atom. The van der Waals surface area contributed by atoms with Crippen LogP contribution in [0.3, 0.4) is 0 Å². The van der Waals surface area contributed by atoms with Gasteiger partial charge in [-0.2, -0.15) is 0 Å². The second kappa shape index (κ2) is 7.67. The van der Waals surface area contributed by atoms with Crippen molar-refractivity contribution in [2.75, 3.05) is 16.7 Å². The van der Waals surface area contributed by atoms with Gasteiger partial charge in [-0.1, -0.05) is 35.9 Å². The van der Waals surface area contributed by atoms with Crippen LogP contribution in [-0.4, -0.2) is 33.4 Å². The highest BCUT2D eigenvalue weighted by atomic mass is 32.2. The number of hydrogen-bond donors (Lipinski definition) is 1. The van der Waals surface area contributed by atoms with E-state index >= 15 is 0 Å². The number of rotatable bonds is 5. The number of para-hydroxylation sites is 1. The number of ketones is 1. The molecule has 0 radical (unpaired) electrons. The van der Waals surface area contributed by atoms with E-state index in [2.05, 4.69) is 5.32 Å². The molecule has 7 heteroatoms. The quantitative estimate of drug-likeness (QED) is 0.636. The van der Waals surface area contributed by atoms with Gasteiger partial charge >= 0.3 is 0 Å². The second-order valence-corrected chi connectivity index (χ2v) is 10.1. The predicted octanol–water partition coefficient (Wildman–Crippen LogP) is 4.12. The lowest BCUT2D eigenvalue weighted by atomic mass is 9.88. The third-order valence-corrected chi connectivity index (χ3v) is 8.20. The molecule has 6 nitrogen and oxygen atoms in total. The van der Waals surface area contributed by atoms with Gasteiger partial charge in [-0.3, -0.25) is 9.10 Å². The summed E-state index contributed by atoms with van der Waals surface area (Å²) in [7, 11) is -2.26. The third kappa shape index (κ3) is 3.24. The molecule has 1 heterocycles. The first-order valence-electron chi connectivity index (χ1n) is 10.5. The molecule has 1 N–H and O–H groups in total. The summed E-state index contributed by atoms with van der Waals surface area (Å²) in [5, 5.41) is 3.45. The van der Waals surface area contributed by atoms with Crippen molar-refractivity contribution in [1.82, 2.24) is 0 Å². The van der Waals surface area contributed by atoms with Crippen molar-refractivity contribution in [1.29, 1.82) is 0 Å². The van der Waals surface area contributed by atoms with Gasteiger partial charge < -0.3 is 10.1 Å². The zero-order valence-corrected chi connectivity index (χ0v) is 18.7. The number of sulfonamides is 1. The van der Waals surface area contributed by atoms with E-state index in [0.717, 1.165) is 22.6 Å². The van der Waals surface area contributed by atoms with Crippen molar-refractivity contribution < 1.29 is 17.9 Å². The lowest BCUT2D eigenvalue weighted by molar-refractivity contribution is -0.118. The second-order valence-electron chi connectivity index (χ2n) is 8.29. The molecule has 0 amide bonds. The maximum absolute atomic E-state index is 13.8. The monoisotopic (exact) mass is 448 g/mol. The topological polar surface area (TPSA) is 75.7 Å². The number of carbonyl (C=O) groups is 1. The Balaban J connectivity index is 1.61. The minimum Gasteiger partial charge on any atom is -0.497 e. The molecule has 5 rings (SSSR count). The van der Waals surface area contributed by atoms with Crippen molar-refractivity contribution in [3.05, 3.63) is 83.9 Å². The number of nitrogens with one attached hydrogen (secondary N) is 1. The number of ether oxygens (including phenoxy) is 1. The first kappa shape index (κ1) is 20.6. The highest BCUT2D eigenvalue weighted by molar-refractivity contribution is 7.92. The molecular formula is C25H24N2O4S. The normalized spacial score (nSPS) is 21.9. The SMILES string of the molecule is COc1ccc(NC2C3C(=O)CC2N(S(=O)(=O)c2ccc(C)cc2)c2ccccc23)cc1. The molecule has 0 aromatic heterocycles. The van der Waals surface area contributed by atoms with Gasteiger partial charge in [-0.25, -0.2) is 8.42 Å². The van der Waals surface area contributed by atoms with Crippen LogP contribution in [0.4, 0.5) is 11.4 Å². The van der Waals surface area contributed by atoms with Crippen molar-refractivity contribution in [3.63, 3.8) is 0 Å². The van der Waals surface area contributed by atoms with E-state index in [1.165, 1.54) is 4.31 Å². The molecule has 32 heavy (non-hydrogen) atoms. The fraction of sp³-hybridized carbons (Fsp3) is 0.240. The van der Waals surface area contributed by atoms with E-state index in [9.17, 15) is 13.2 Å². The van der Waals surface area contributed by atoms with Crippen molar-refractivity contribution in [2.24, 2.45) is 0 Å². The summed E-state index contributed by atoms with van der Waals surface area (Å²) in [5.74, 6) is 0.380. The third-order valence-electron chi connectivity index (χ3n) is 6.34. The molecule has 2 bridgehead atoms. The van der Waals surface area contributed by atoms with Gasteiger partial charge in [0.2, 0.25) is 0 Å². The Morgan fingerprint density at radius 1 is 0.969 bits per heavy atom. The molecule has 3 aromatic carbocycles. The number of benzene rings is 3. The van der Waals surface area contributed by atoms with Gasteiger partial charge in [0.25, 0.3) is 10.0 Å². The van der Waals surface area contributed by atoms with Gasteiger partial charge in [0.1, 0.15) is 11.5 Å².